The lowest BCUT2D eigenvalue weighted by Crippen LogP contribution is -2.46. The molecule has 1 fully saturated rings. The van der Waals surface area contributed by atoms with Crippen LogP contribution in [0.2, 0.25) is 0 Å². The Labute approximate surface area is 233 Å². The van der Waals surface area contributed by atoms with Crippen molar-refractivity contribution >= 4 is 44.3 Å². The minimum atomic E-state index is -3.81. The van der Waals surface area contributed by atoms with Gasteiger partial charge in [0, 0.05) is 54.0 Å². The number of aromatic nitrogens is 1. The fraction of sp³-hybridized carbons (Fsp3) is 0.280. The molecule has 0 spiro atoms. The Morgan fingerprint density at radius 2 is 1.90 bits per heavy atom. The Hall–Kier alpha value is -4.21. The number of hydrogen-bond donors (Lipinski definition) is 2. The molecule has 3 heterocycles. The minimum absolute atomic E-state index is 0.0528. The second kappa shape index (κ2) is 12.3. The van der Waals surface area contributed by atoms with Crippen LogP contribution < -0.4 is 10.6 Å². The van der Waals surface area contributed by atoms with Crippen LogP contribution in [0, 0.1) is 20.2 Å². The number of likely N-dealkylation sites (tertiary alicyclic amines) is 1. The maximum atomic E-state index is 13.5. The summed E-state index contributed by atoms with van der Waals surface area (Å²) in [6.45, 7) is 4.64. The Kier molecular flexibility index (Phi) is 8.86. The van der Waals surface area contributed by atoms with Crippen LogP contribution >= 0.6 is 11.3 Å². The number of benzene rings is 1. The Balaban J connectivity index is 1.37. The maximum Gasteiger partial charge on any atom is 0.311 e. The normalized spacial score (nSPS) is 15.2. The number of amides is 1. The van der Waals surface area contributed by atoms with Gasteiger partial charge in [0.2, 0.25) is 15.7 Å². The van der Waals surface area contributed by atoms with Gasteiger partial charge in [-0.25, -0.2) is 13.4 Å². The molecule has 1 aliphatic heterocycles. The molecule has 15 heteroatoms. The summed E-state index contributed by atoms with van der Waals surface area (Å²) in [7, 11) is -3.81. The predicted molar refractivity (Wildman–Crippen MR) is 149 cm³/mol. The molecule has 4 rings (SSSR count). The highest BCUT2D eigenvalue weighted by molar-refractivity contribution is 7.94. The molecule has 0 aliphatic carbocycles. The average Bonchev–Trinajstić information content (AvgIpc) is 3.43. The molecule has 0 bridgehead atoms. The summed E-state index contributed by atoms with van der Waals surface area (Å²) in [4.78, 5) is 40.0. The third kappa shape index (κ3) is 6.50. The smallest absolute Gasteiger partial charge is 0.311 e. The van der Waals surface area contributed by atoms with E-state index in [0.29, 0.717) is 30.8 Å². The highest BCUT2D eigenvalue weighted by Crippen LogP contribution is 2.30. The lowest BCUT2D eigenvalue weighted by atomic mass is 10.0. The van der Waals surface area contributed by atoms with Crippen LogP contribution in [0.3, 0.4) is 0 Å². The maximum absolute atomic E-state index is 13.5. The molecule has 1 atom stereocenters. The van der Waals surface area contributed by atoms with Gasteiger partial charge in [0.1, 0.15) is 9.58 Å². The van der Waals surface area contributed by atoms with Crippen molar-refractivity contribution in [2.45, 2.75) is 35.0 Å². The third-order valence-corrected chi connectivity index (χ3v) is 10.0. The standard InChI is InChI=1S/C25H26N6O7S2/c1-2-22(29-13-10-18(11-14-29)28-24-21(31(35)36)7-4-12-26-24)40(37,38)23-9-8-20(39-23)16-27-25(32)17-5-3-6-19(15-17)30(33)34/h2-9,12,15,18,22H,1,10-11,13-14,16H2,(H,26,28)(H,27,32). The largest absolute Gasteiger partial charge is 0.362 e. The lowest BCUT2D eigenvalue weighted by Gasteiger charge is -2.36. The van der Waals surface area contributed by atoms with Crippen molar-refractivity contribution in [1.29, 1.82) is 0 Å². The number of nitro benzene ring substituents is 1. The molecule has 3 aromatic rings. The van der Waals surface area contributed by atoms with E-state index in [2.05, 4.69) is 22.2 Å². The van der Waals surface area contributed by atoms with E-state index in [1.54, 1.807) is 11.0 Å². The Morgan fingerprint density at radius 1 is 1.15 bits per heavy atom. The van der Waals surface area contributed by atoms with E-state index in [9.17, 15) is 33.4 Å². The number of carbonyl (C=O) groups is 1. The second-order valence-corrected chi connectivity index (χ2v) is 12.4. The van der Waals surface area contributed by atoms with E-state index in [1.165, 1.54) is 54.7 Å². The predicted octanol–water partition coefficient (Wildman–Crippen LogP) is 3.75. The molecular weight excluding hydrogens is 560 g/mol. The fourth-order valence-corrected chi connectivity index (χ4v) is 7.48. The summed E-state index contributed by atoms with van der Waals surface area (Å²) in [6.07, 6.45) is 3.95. The summed E-state index contributed by atoms with van der Waals surface area (Å²) < 4.78 is 27.1. The highest BCUT2D eigenvalue weighted by atomic mass is 32.2. The topological polar surface area (TPSA) is 178 Å². The van der Waals surface area contributed by atoms with E-state index in [1.807, 2.05) is 0 Å². The van der Waals surface area contributed by atoms with Crippen molar-refractivity contribution in [3.05, 3.63) is 98.1 Å². The quantitative estimate of drug-likeness (QED) is 0.191. The summed E-state index contributed by atoms with van der Waals surface area (Å²) in [5, 5.41) is 27.0. The number of pyridine rings is 1. The van der Waals surface area contributed by atoms with Crippen LogP contribution in [0.4, 0.5) is 17.2 Å². The van der Waals surface area contributed by atoms with Crippen LogP contribution in [-0.4, -0.2) is 58.6 Å². The first-order valence-electron chi connectivity index (χ1n) is 12.2. The van der Waals surface area contributed by atoms with Crippen LogP contribution in [0.5, 0.6) is 0 Å². The monoisotopic (exact) mass is 586 g/mol. The number of nitrogens with zero attached hydrogens (tertiary/aromatic N) is 4. The minimum Gasteiger partial charge on any atom is -0.362 e. The number of rotatable bonds is 11. The number of anilines is 1. The van der Waals surface area contributed by atoms with Gasteiger partial charge < -0.3 is 10.6 Å². The van der Waals surface area contributed by atoms with Crippen molar-refractivity contribution in [3.63, 3.8) is 0 Å². The fourth-order valence-electron chi connectivity index (χ4n) is 4.37. The number of nitrogens with one attached hydrogen (secondary N) is 2. The number of non-ortho nitro benzene ring substituents is 1. The lowest BCUT2D eigenvalue weighted by molar-refractivity contribution is -0.384. The highest BCUT2D eigenvalue weighted by Gasteiger charge is 2.34. The zero-order chi connectivity index (χ0) is 28.9. The molecule has 210 valence electrons. The first-order chi connectivity index (χ1) is 19.1. The molecule has 1 aliphatic rings. The molecular formula is C25H26N6O7S2. The van der Waals surface area contributed by atoms with Crippen LogP contribution in [0.25, 0.3) is 0 Å². The van der Waals surface area contributed by atoms with Crippen molar-refractivity contribution in [2.75, 3.05) is 18.4 Å². The van der Waals surface area contributed by atoms with Crippen LogP contribution in [0.15, 0.2) is 71.6 Å². The number of piperidine rings is 1. The first kappa shape index (κ1) is 28.8. The van der Waals surface area contributed by atoms with E-state index < -0.39 is 31.0 Å². The van der Waals surface area contributed by atoms with E-state index in [0.717, 1.165) is 11.3 Å². The van der Waals surface area contributed by atoms with Gasteiger partial charge in [-0.15, -0.1) is 17.9 Å². The molecule has 2 aromatic heterocycles. The van der Waals surface area contributed by atoms with Gasteiger partial charge in [-0.05, 0) is 37.1 Å². The van der Waals surface area contributed by atoms with Gasteiger partial charge in [-0.3, -0.25) is 29.9 Å². The van der Waals surface area contributed by atoms with Crippen molar-refractivity contribution in [2.24, 2.45) is 0 Å². The molecule has 1 aromatic carbocycles. The zero-order valence-electron chi connectivity index (χ0n) is 21.1. The van der Waals surface area contributed by atoms with Gasteiger partial charge >= 0.3 is 5.69 Å². The van der Waals surface area contributed by atoms with Gasteiger partial charge in [-0.1, -0.05) is 12.1 Å². The van der Waals surface area contributed by atoms with E-state index in [-0.39, 0.29) is 39.6 Å². The van der Waals surface area contributed by atoms with Gasteiger partial charge in [0.15, 0.2) is 0 Å². The molecule has 13 nitrogen and oxygen atoms in total. The summed E-state index contributed by atoms with van der Waals surface area (Å²) in [6, 6.07) is 11.2. The molecule has 1 saturated heterocycles. The SMILES string of the molecule is C=CC(N1CCC(Nc2ncccc2[N+](=O)[O-])CC1)S(=O)(=O)c1ccc(CNC(=O)c2cccc([N+](=O)[O-])c2)s1. The molecule has 1 amide bonds. The van der Waals surface area contributed by atoms with Gasteiger partial charge in [0.05, 0.1) is 16.4 Å². The summed E-state index contributed by atoms with van der Waals surface area (Å²) in [5.74, 6) is -0.333. The van der Waals surface area contributed by atoms with Crippen molar-refractivity contribution in [3.8, 4) is 0 Å². The average molecular weight is 587 g/mol. The Morgan fingerprint density at radius 3 is 2.58 bits per heavy atom. The van der Waals surface area contributed by atoms with Gasteiger partial charge in [0.25, 0.3) is 11.6 Å². The number of carbonyl (C=O) groups excluding carboxylic acids is 1. The van der Waals surface area contributed by atoms with Crippen molar-refractivity contribution in [1.82, 2.24) is 15.2 Å². The van der Waals surface area contributed by atoms with Crippen LogP contribution in [-0.2, 0) is 16.4 Å². The molecule has 0 saturated carbocycles. The number of thiophene rings is 1. The third-order valence-electron chi connectivity index (χ3n) is 6.39. The molecule has 2 N–H and O–H groups in total. The summed E-state index contributed by atoms with van der Waals surface area (Å²) in [5.41, 5.74) is -0.197. The van der Waals surface area contributed by atoms with Gasteiger partial charge in [-0.2, -0.15) is 0 Å². The summed E-state index contributed by atoms with van der Waals surface area (Å²) >= 11 is 1.03. The van der Waals surface area contributed by atoms with Crippen LogP contribution in [0.1, 0.15) is 28.1 Å². The van der Waals surface area contributed by atoms with E-state index in [4.69, 9.17) is 0 Å². The first-order valence-corrected chi connectivity index (χ1v) is 14.5. The number of sulfone groups is 1. The number of hydrogen-bond acceptors (Lipinski definition) is 11. The zero-order valence-corrected chi connectivity index (χ0v) is 22.8. The molecule has 0 radical (unpaired) electrons. The molecule has 40 heavy (non-hydrogen) atoms. The Bertz CT molecular complexity index is 1530. The number of nitro groups is 2. The molecule has 1 unspecified atom stereocenters. The second-order valence-electron chi connectivity index (χ2n) is 8.96. The van der Waals surface area contributed by atoms with E-state index >= 15 is 0 Å². The van der Waals surface area contributed by atoms with Crippen molar-refractivity contribution < 1.29 is 23.1 Å².